The van der Waals surface area contributed by atoms with Gasteiger partial charge in [-0.2, -0.15) is 0 Å². The molecule has 0 saturated heterocycles. The first-order valence-corrected chi connectivity index (χ1v) is 7.18. The Balaban J connectivity index is 2.16. The summed E-state index contributed by atoms with van der Waals surface area (Å²) in [5.74, 6) is -0.116. The van der Waals surface area contributed by atoms with Crippen molar-refractivity contribution in [2.24, 2.45) is 0 Å². The average Bonchev–Trinajstić information content (AvgIpc) is 2.93. The second-order valence-corrected chi connectivity index (χ2v) is 5.39. The van der Waals surface area contributed by atoms with Crippen LogP contribution >= 0.6 is 11.6 Å². The van der Waals surface area contributed by atoms with Gasteiger partial charge in [-0.1, -0.05) is 36.7 Å². The monoisotopic (exact) mass is 298 g/mol. The number of carbonyl (C=O) groups excluding carboxylic acids is 1. The molecule has 0 saturated carbocycles. The molecule has 3 rings (SSSR count). The number of ketones is 1. The molecule has 2 aromatic carbocycles. The third-order valence-electron chi connectivity index (χ3n) is 3.69. The van der Waals surface area contributed by atoms with Crippen molar-refractivity contribution in [3.8, 4) is 0 Å². The molecule has 3 N–H and O–H groups in total. The molecule has 0 bridgehead atoms. The number of H-pyrrole nitrogens is 1. The van der Waals surface area contributed by atoms with Crippen LogP contribution in [0.4, 0.5) is 5.69 Å². The van der Waals surface area contributed by atoms with E-state index in [0.717, 1.165) is 17.3 Å². The molecule has 4 heteroatoms. The van der Waals surface area contributed by atoms with Gasteiger partial charge in [-0.3, -0.25) is 4.79 Å². The van der Waals surface area contributed by atoms with Crippen molar-refractivity contribution in [3.63, 3.8) is 0 Å². The molecule has 0 radical (unpaired) electrons. The molecule has 1 aromatic heterocycles. The van der Waals surface area contributed by atoms with Crippen molar-refractivity contribution in [3.05, 3.63) is 64.3 Å². The SMILES string of the molecule is CCc1cccc2c(C(=O)c3cc(Cl)ccc3N)c[nH]c12. The van der Waals surface area contributed by atoms with Crippen LogP contribution in [0.2, 0.25) is 5.02 Å². The number of aromatic nitrogens is 1. The van der Waals surface area contributed by atoms with E-state index in [-0.39, 0.29) is 5.78 Å². The zero-order valence-electron chi connectivity index (χ0n) is 11.6. The summed E-state index contributed by atoms with van der Waals surface area (Å²) < 4.78 is 0. The molecule has 1 heterocycles. The normalized spacial score (nSPS) is 11.0. The van der Waals surface area contributed by atoms with Crippen LogP contribution in [0.5, 0.6) is 0 Å². The number of rotatable bonds is 3. The number of hydrogen-bond acceptors (Lipinski definition) is 2. The van der Waals surface area contributed by atoms with E-state index in [1.54, 1.807) is 24.4 Å². The lowest BCUT2D eigenvalue weighted by Gasteiger charge is -2.05. The largest absolute Gasteiger partial charge is 0.398 e. The van der Waals surface area contributed by atoms with E-state index in [9.17, 15) is 4.79 Å². The molecule has 0 amide bonds. The van der Waals surface area contributed by atoms with E-state index in [2.05, 4.69) is 18.0 Å². The van der Waals surface area contributed by atoms with Gasteiger partial charge in [-0.15, -0.1) is 0 Å². The third kappa shape index (κ3) is 2.30. The highest BCUT2D eigenvalue weighted by molar-refractivity contribution is 6.31. The van der Waals surface area contributed by atoms with Crippen molar-refractivity contribution in [2.75, 3.05) is 5.73 Å². The molecule has 3 aromatic rings. The van der Waals surface area contributed by atoms with Gasteiger partial charge in [-0.05, 0) is 30.2 Å². The van der Waals surface area contributed by atoms with E-state index >= 15 is 0 Å². The van der Waals surface area contributed by atoms with Crippen LogP contribution in [0, 0.1) is 0 Å². The van der Waals surface area contributed by atoms with Gasteiger partial charge in [-0.25, -0.2) is 0 Å². The Labute approximate surface area is 127 Å². The summed E-state index contributed by atoms with van der Waals surface area (Å²) >= 11 is 5.97. The molecule has 0 fully saturated rings. The molecule has 0 unspecified atom stereocenters. The van der Waals surface area contributed by atoms with E-state index in [1.165, 1.54) is 5.56 Å². The highest BCUT2D eigenvalue weighted by Crippen LogP contribution is 2.27. The highest BCUT2D eigenvalue weighted by atomic mass is 35.5. The number of anilines is 1. The molecule has 0 spiro atoms. The van der Waals surface area contributed by atoms with Gasteiger partial charge in [0.25, 0.3) is 0 Å². The van der Waals surface area contributed by atoms with Crippen molar-refractivity contribution in [1.82, 2.24) is 4.98 Å². The predicted octanol–water partition coefficient (Wildman–Crippen LogP) is 4.20. The quantitative estimate of drug-likeness (QED) is 0.562. The van der Waals surface area contributed by atoms with Crippen molar-refractivity contribution < 1.29 is 4.79 Å². The van der Waals surface area contributed by atoms with Gasteiger partial charge >= 0.3 is 0 Å². The fourth-order valence-electron chi connectivity index (χ4n) is 2.57. The first-order valence-electron chi connectivity index (χ1n) is 6.80. The molecular weight excluding hydrogens is 284 g/mol. The Hall–Kier alpha value is -2.26. The summed E-state index contributed by atoms with van der Waals surface area (Å²) in [6.45, 7) is 2.09. The van der Waals surface area contributed by atoms with Crippen LogP contribution in [0.3, 0.4) is 0 Å². The number of nitrogens with two attached hydrogens (primary N) is 1. The Morgan fingerprint density at radius 1 is 1.24 bits per heavy atom. The minimum atomic E-state index is -0.116. The number of para-hydroxylation sites is 1. The van der Waals surface area contributed by atoms with Crippen molar-refractivity contribution >= 4 is 34.0 Å². The number of hydrogen-bond donors (Lipinski definition) is 2. The number of nitrogens with one attached hydrogen (secondary N) is 1. The molecule has 0 aliphatic rings. The molecule has 21 heavy (non-hydrogen) atoms. The molecular formula is C17H15ClN2O. The Morgan fingerprint density at radius 2 is 2.05 bits per heavy atom. The third-order valence-corrected chi connectivity index (χ3v) is 3.92. The van der Waals surface area contributed by atoms with Gasteiger partial charge < -0.3 is 10.7 Å². The van der Waals surface area contributed by atoms with Crippen LogP contribution in [-0.4, -0.2) is 10.8 Å². The summed E-state index contributed by atoms with van der Waals surface area (Å²) in [5, 5.41) is 1.42. The van der Waals surface area contributed by atoms with Gasteiger partial charge in [0, 0.05) is 38.9 Å². The topological polar surface area (TPSA) is 58.9 Å². The van der Waals surface area contributed by atoms with Gasteiger partial charge in [0.2, 0.25) is 0 Å². The second kappa shape index (κ2) is 5.26. The molecule has 106 valence electrons. The minimum absolute atomic E-state index is 0.116. The van der Waals surface area contributed by atoms with Crippen molar-refractivity contribution in [2.45, 2.75) is 13.3 Å². The van der Waals surface area contributed by atoms with Gasteiger partial charge in [0.1, 0.15) is 0 Å². The second-order valence-electron chi connectivity index (χ2n) is 4.96. The molecule has 3 nitrogen and oxygen atoms in total. The van der Waals surface area contributed by atoms with Crippen LogP contribution < -0.4 is 5.73 Å². The lowest BCUT2D eigenvalue weighted by molar-refractivity contribution is 0.104. The van der Waals surface area contributed by atoms with Gasteiger partial charge in [0.15, 0.2) is 5.78 Å². The number of nitrogen functional groups attached to an aromatic ring is 1. The Bertz CT molecular complexity index is 836. The van der Waals surface area contributed by atoms with Crippen LogP contribution in [0.25, 0.3) is 10.9 Å². The lowest BCUT2D eigenvalue weighted by atomic mass is 10.00. The van der Waals surface area contributed by atoms with Gasteiger partial charge in [0.05, 0.1) is 0 Å². The summed E-state index contributed by atoms with van der Waals surface area (Å²) in [4.78, 5) is 15.9. The molecule has 0 atom stereocenters. The maximum atomic E-state index is 12.7. The van der Waals surface area contributed by atoms with E-state index in [1.807, 2.05) is 12.1 Å². The number of halogens is 1. The number of fused-ring (bicyclic) bond motifs is 1. The predicted molar refractivity (Wildman–Crippen MR) is 87.0 cm³/mol. The first-order chi connectivity index (χ1) is 10.1. The number of aromatic amines is 1. The van der Waals surface area contributed by atoms with E-state index in [4.69, 9.17) is 17.3 Å². The first kappa shape index (κ1) is 13.7. The fourth-order valence-corrected chi connectivity index (χ4v) is 2.74. The maximum absolute atomic E-state index is 12.7. The standard InChI is InChI=1S/C17H15ClN2O/c1-2-10-4-3-5-12-14(9-20-16(10)12)17(21)13-8-11(18)6-7-15(13)19/h3-9,20H,2,19H2,1H3. The highest BCUT2D eigenvalue weighted by Gasteiger charge is 2.17. The fraction of sp³-hybridized carbons (Fsp3) is 0.118. The van der Waals surface area contributed by atoms with Crippen molar-refractivity contribution in [1.29, 1.82) is 0 Å². The Morgan fingerprint density at radius 3 is 2.81 bits per heavy atom. The summed E-state index contributed by atoms with van der Waals surface area (Å²) in [5.41, 5.74) is 9.59. The number of benzene rings is 2. The number of aryl methyl sites for hydroxylation is 1. The summed E-state index contributed by atoms with van der Waals surface area (Å²) in [6, 6.07) is 10.9. The zero-order valence-corrected chi connectivity index (χ0v) is 12.4. The van der Waals surface area contributed by atoms with Crippen LogP contribution in [-0.2, 0) is 6.42 Å². The lowest BCUT2D eigenvalue weighted by Crippen LogP contribution is -2.04. The Kier molecular flexibility index (Phi) is 3.43. The number of carbonyl (C=O) groups is 1. The van der Waals surface area contributed by atoms with E-state index in [0.29, 0.717) is 21.8 Å². The summed E-state index contributed by atoms with van der Waals surface area (Å²) in [7, 11) is 0. The molecule has 0 aliphatic carbocycles. The minimum Gasteiger partial charge on any atom is -0.398 e. The smallest absolute Gasteiger partial charge is 0.197 e. The van der Waals surface area contributed by atoms with Crippen LogP contribution in [0.15, 0.2) is 42.6 Å². The average molecular weight is 299 g/mol. The molecule has 0 aliphatic heterocycles. The van der Waals surface area contributed by atoms with Crippen LogP contribution in [0.1, 0.15) is 28.4 Å². The van der Waals surface area contributed by atoms with E-state index < -0.39 is 0 Å². The summed E-state index contributed by atoms with van der Waals surface area (Å²) in [6.07, 6.45) is 2.65. The maximum Gasteiger partial charge on any atom is 0.197 e. The zero-order chi connectivity index (χ0) is 15.0.